The third-order valence-corrected chi connectivity index (χ3v) is 3.60. The molecule has 0 saturated heterocycles. The predicted octanol–water partition coefficient (Wildman–Crippen LogP) is 4.01. The second-order valence-corrected chi connectivity index (χ2v) is 5.06. The van der Waals surface area contributed by atoms with E-state index in [0.29, 0.717) is 10.6 Å². The van der Waals surface area contributed by atoms with Crippen LogP contribution in [-0.4, -0.2) is 11.3 Å². The van der Waals surface area contributed by atoms with Crippen molar-refractivity contribution >= 4 is 29.6 Å². The van der Waals surface area contributed by atoms with E-state index in [9.17, 15) is 4.79 Å². The van der Waals surface area contributed by atoms with E-state index in [1.807, 2.05) is 31.2 Å². The molecular formula is C13H10ClNOS. The summed E-state index contributed by atoms with van der Waals surface area (Å²) in [6.07, 6.45) is 2.47. The maximum Gasteiger partial charge on any atom is 0.150 e. The topological polar surface area (TPSA) is 30.0 Å². The minimum absolute atomic E-state index is 0.627. The Hall–Kier alpha value is -1.32. The molecule has 1 heterocycles. The maximum atomic E-state index is 10.6. The molecule has 2 aromatic rings. The van der Waals surface area contributed by atoms with Crippen molar-refractivity contribution in [3.05, 3.63) is 52.7 Å². The van der Waals surface area contributed by atoms with E-state index in [2.05, 4.69) is 4.98 Å². The average molecular weight is 264 g/mol. The standard InChI is InChI=1S/C13H10ClNOS/c1-9-6-10(8-16)2-4-12(9)17-13-5-3-11(14)7-15-13/h2-8H,1H3. The number of carbonyl (C=O) groups excluding carboxylic acids is 1. The molecule has 0 bridgehead atoms. The van der Waals surface area contributed by atoms with Crippen LogP contribution in [0.4, 0.5) is 0 Å². The van der Waals surface area contributed by atoms with Gasteiger partial charge in [0, 0.05) is 16.7 Å². The molecule has 17 heavy (non-hydrogen) atoms. The fraction of sp³-hybridized carbons (Fsp3) is 0.0769. The van der Waals surface area contributed by atoms with Gasteiger partial charge in [-0.25, -0.2) is 4.98 Å². The number of hydrogen-bond acceptors (Lipinski definition) is 3. The number of pyridine rings is 1. The fourth-order valence-electron chi connectivity index (χ4n) is 1.40. The van der Waals surface area contributed by atoms with Gasteiger partial charge in [-0.1, -0.05) is 29.4 Å². The molecule has 0 spiro atoms. The Morgan fingerprint density at radius 3 is 2.71 bits per heavy atom. The Kier molecular flexibility index (Phi) is 3.82. The van der Waals surface area contributed by atoms with Gasteiger partial charge in [0.25, 0.3) is 0 Å². The largest absolute Gasteiger partial charge is 0.298 e. The van der Waals surface area contributed by atoms with Crippen molar-refractivity contribution in [2.45, 2.75) is 16.8 Å². The van der Waals surface area contributed by atoms with E-state index in [-0.39, 0.29) is 0 Å². The van der Waals surface area contributed by atoms with Gasteiger partial charge in [-0.15, -0.1) is 0 Å². The molecule has 86 valence electrons. The van der Waals surface area contributed by atoms with Crippen LogP contribution in [0, 0.1) is 6.92 Å². The summed E-state index contributed by atoms with van der Waals surface area (Å²) in [5, 5.41) is 1.51. The molecule has 1 aromatic carbocycles. The summed E-state index contributed by atoms with van der Waals surface area (Å²) in [5.74, 6) is 0. The summed E-state index contributed by atoms with van der Waals surface area (Å²) in [6, 6.07) is 9.29. The van der Waals surface area contributed by atoms with E-state index < -0.39 is 0 Å². The van der Waals surface area contributed by atoms with Crippen molar-refractivity contribution in [2.24, 2.45) is 0 Å². The van der Waals surface area contributed by atoms with Gasteiger partial charge in [-0.3, -0.25) is 4.79 Å². The van der Waals surface area contributed by atoms with E-state index >= 15 is 0 Å². The molecule has 0 aliphatic carbocycles. The molecule has 2 nitrogen and oxygen atoms in total. The number of benzene rings is 1. The van der Waals surface area contributed by atoms with Crippen LogP contribution in [0.5, 0.6) is 0 Å². The molecule has 0 atom stereocenters. The summed E-state index contributed by atoms with van der Waals surface area (Å²) < 4.78 is 0. The maximum absolute atomic E-state index is 10.6. The third kappa shape index (κ3) is 3.08. The lowest BCUT2D eigenvalue weighted by Crippen LogP contribution is -1.86. The number of aldehydes is 1. The summed E-state index contributed by atoms with van der Waals surface area (Å²) in [4.78, 5) is 15.9. The first-order valence-corrected chi connectivity index (χ1v) is 6.24. The molecule has 0 radical (unpaired) electrons. The zero-order valence-electron chi connectivity index (χ0n) is 9.18. The fourth-order valence-corrected chi connectivity index (χ4v) is 2.33. The minimum atomic E-state index is 0.627. The van der Waals surface area contributed by atoms with Crippen LogP contribution in [0.15, 0.2) is 46.5 Å². The first-order valence-electron chi connectivity index (χ1n) is 5.04. The van der Waals surface area contributed by atoms with Gasteiger partial charge in [0.1, 0.15) is 11.3 Å². The number of nitrogens with zero attached hydrogens (tertiary/aromatic N) is 1. The van der Waals surface area contributed by atoms with Crippen molar-refractivity contribution in [3.63, 3.8) is 0 Å². The van der Waals surface area contributed by atoms with Crippen molar-refractivity contribution in [1.29, 1.82) is 0 Å². The number of carbonyl (C=O) groups is 1. The van der Waals surface area contributed by atoms with Gasteiger partial charge in [0.2, 0.25) is 0 Å². The molecule has 0 aliphatic rings. The van der Waals surface area contributed by atoms with Gasteiger partial charge in [-0.05, 0) is 36.8 Å². The Bertz CT molecular complexity index is 540. The molecule has 0 fully saturated rings. The molecule has 0 amide bonds. The highest BCUT2D eigenvalue weighted by Crippen LogP contribution is 2.29. The third-order valence-electron chi connectivity index (χ3n) is 2.25. The lowest BCUT2D eigenvalue weighted by Gasteiger charge is -2.05. The molecule has 0 saturated carbocycles. The van der Waals surface area contributed by atoms with Gasteiger partial charge in [0.15, 0.2) is 0 Å². The number of rotatable bonds is 3. The summed E-state index contributed by atoms with van der Waals surface area (Å²) in [6.45, 7) is 1.98. The van der Waals surface area contributed by atoms with Gasteiger partial charge in [0.05, 0.1) is 5.02 Å². The van der Waals surface area contributed by atoms with Gasteiger partial charge in [-0.2, -0.15) is 0 Å². The smallest absolute Gasteiger partial charge is 0.150 e. The molecule has 0 aliphatic heterocycles. The SMILES string of the molecule is Cc1cc(C=O)ccc1Sc1ccc(Cl)cn1. The second-order valence-electron chi connectivity index (χ2n) is 3.56. The minimum Gasteiger partial charge on any atom is -0.298 e. The molecule has 0 N–H and O–H groups in total. The van der Waals surface area contributed by atoms with E-state index in [1.54, 1.807) is 24.0 Å². The van der Waals surface area contributed by atoms with Crippen molar-refractivity contribution < 1.29 is 4.79 Å². The highest BCUT2D eigenvalue weighted by Gasteiger charge is 2.03. The summed E-state index contributed by atoms with van der Waals surface area (Å²) in [5.41, 5.74) is 1.76. The van der Waals surface area contributed by atoms with Crippen molar-refractivity contribution in [3.8, 4) is 0 Å². The second kappa shape index (κ2) is 5.34. The van der Waals surface area contributed by atoms with Crippen LogP contribution in [0.1, 0.15) is 15.9 Å². The van der Waals surface area contributed by atoms with E-state index in [0.717, 1.165) is 21.8 Å². The Morgan fingerprint density at radius 2 is 2.12 bits per heavy atom. The molecular weight excluding hydrogens is 254 g/mol. The highest BCUT2D eigenvalue weighted by molar-refractivity contribution is 7.99. The van der Waals surface area contributed by atoms with Crippen LogP contribution in [-0.2, 0) is 0 Å². The number of hydrogen-bond donors (Lipinski definition) is 0. The average Bonchev–Trinajstić information content (AvgIpc) is 2.34. The molecule has 4 heteroatoms. The first-order chi connectivity index (χ1) is 8.19. The van der Waals surface area contributed by atoms with E-state index in [1.165, 1.54) is 0 Å². The number of aromatic nitrogens is 1. The number of halogens is 1. The summed E-state index contributed by atoms with van der Waals surface area (Å²) >= 11 is 7.33. The van der Waals surface area contributed by atoms with E-state index in [4.69, 9.17) is 11.6 Å². The van der Waals surface area contributed by atoms with Crippen LogP contribution in [0.3, 0.4) is 0 Å². The van der Waals surface area contributed by atoms with Crippen LogP contribution in [0.25, 0.3) is 0 Å². The Morgan fingerprint density at radius 1 is 1.29 bits per heavy atom. The molecule has 0 unspecified atom stereocenters. The number of aryl methyl sites for hydroxylation is 1. The lowest BCUT2D eigenvalue weighted by molar-refractivity contribution is 0.112. The monoisotopic (exact) mass is 263 g/mol. The van der Waals surface area contributed by atoms with Crippen molar-refractivity contribution in [1.82, 2.24) is 4.98 Å². The Balaban J connectivity index is 2.24. The molecule has 2 rings (SSSR count). The normalized spacial score (nSPS) is 10.2. The predicted molar refractivity (Wildman–Crippen MR) is 69.9 cm³/mol. The quantitative estimate of drug-likeness (QED) is 0.784. The molecule has 1 aromatic heterocycles. The highest BCUT2D eigenvalue weighted by atomic mass is 35.5. The zero-order valence-corrected chi connectivity index (χ0v) is 10.8. The van der Waals surface area contributed by atoms with Crippen LogP contribution >= 0.6 is 23.4 Å². The van der Waals surface area contributed by atoms with Crippen LogP contribution < -0.4 is 0 Å². The lowest BCUT2D eigenvalue weighted by atomic mass is 10.2. The Labute approximate surface area is 109 Å². The van der Waals surface area contributed by atoms with Gasteiger partial charge >= 0.3 is 0 Å². The first kappa shape index (κ1) is 12.1. The zero-order chi connectivity index (χ0) is 12.3. The van der Waals surface area contributed by atoms with Crippen LogP contribution in [0.2, 0.25) is 5.02 Å². The van der Waals surface area contributed by atoms with Gasteiger partial charge < -0.3 is 0 Å². The summed E-state index contributed by atoms with van der Waals surface area (Å²) in [7, 11) is 0. The van der Waals surface area contributed by atoms with Crippen molar-refractivity contribution in [2.75, 3.05) is 0 Å².